The molecule has 0 aromatic heterocycles. The Kier molecular flexibility index (Phi) is 47.6. The molecule has 0 spiro atoms. The maximum atomic E-state index is 12.7. The maximum absolute atomic E-state index is 12.7. The summed E-state index contributed by atoms with van der Waals surface area (Å²) in [6.45, 7) is 3.45. The highest BCUT2D eigenvalue weighted by molar-refractivity contribution is 7.47. The SMILES string of the molecule is CC/C=C\C/C=C\C/C=C\C/C=C\CCCCCCCCCCCCC(=O)OC(COCCCCCCCCCCCCCCCCCCCC)COP(=O)(O)OCC(O)CO. The van der Waals surface area contributed by atoms with Gasteiger partial charge in [-0.15, -0.1) is 0 Å². The van der Waals surface area contributed by atoms with E-state index < -0.39 is 33.2 Å². The number of phosphoric ester groups is 1. The smallest absolute Gasteiger partial charge is 0.457 e. The van der Waals surface area contributed by atoms with Crippen LogP contribution in [0.3, 0.4) is 0 Å². The quantitative estimate of drug-likeness (QED) is 0.0236. The van der Waals surface area contributed by atoms with Crippen LogP contribution in [-0.2, 0) is 27.9 Å². The zero-order valence-corrected chi connectivity index (χ0v) is 41.0. The summed E-state index contributed by atoms with van der Waals surface area (Å²) in [5, 5.41) is 18.4. The lowest BCUT2D eigenvalue weighted by Gasteiger charge is -2.20. The zero-order chi connectivity index (χ0) is 45.3. The number of allylic oxidation sites excluding steroid dienone is 8. The third-order valence-corrected chi connectivity index (χ3v) is 12.0. The first-order valence-corrected chi connectivity index (χ1v) is 27.1. The fourth-order valence-corrected chi connectivity index (χ4v) is 7.96. The van der Waals surface area contributed by atoms with Crippen LogP contribution in [0.15, 0.2) is 48.6 Å². The molecule has 0 saturated heterocycles. The van der Waals surface area contributed by atoms with Crippen molar-refractivity contribution in [2.24, 2.45) is 0 Å². The maximum Gasteiger partial charge on any atom is 0.472 e. The molecule has 0 aliphatic heterocycles. The molecule has 9 nitrogen and oxygen atoms in total. The molecule has 3 unspecified atom stereocenters. The Hall–Kier alpha value is -1.58. The number of rotatable bonds is 49. The van der Waals surface area contributed by atoms with Crippen LogP contribution in [0.25, 0.3) is 0 Å². The summed E-state index contributed by atoms with van der Waals surface area (Å²) in [6.07, 6.45) is 56.4. The fourth-order valence-electron chi connectivity index (χ4n) is 7.17. The lowest BCUT2D eigenvalue weighted by molar-refractivity contribution is -0.154. The van der Waals surface area contributed by atoms with Gasteiger partial charge in [0.2, 0.25) is 0 Å². The first-order valence-electron chi connectivity index (χ1n) is 25.6. The Morgan fingerprint density at radius 3 is 1.39 bits per heavy atom. The molecular weight excluding hydrogens is 800 g/mol. The van der Waals surface area contributed by atoms with Gasteiger partial charge >= 0.3 is 13.8 Å². The first-order chi connectivity index (χ1) is 30.3. The van der Waals surface area contributed by atoms with Crippen molar-refractivity contribution in [2.45, 2.75) is 244 Å². The van der Waals surface area contributed by atoms with Crippen molar-refractivity contribution in [3.05, 3.63) is 48.6 Å². The molecule has 0 bridgehead atoms. The molecule has 0 aromatic rings. The average Bonchev–Trinajstić information content (AvgIpc) is 3.26. The minimum Gasteiger partial charge on any atom is -0.457 e. The molecule has 0 aliphatic rings. The van der Waals surface area contributed by atoms with E-state index in [1.54, 1.807) is 0 Å². The first kappa shape index (κ1) is 60.4. The minimum atomic E-state index is -4.52. The second-order valence-electron chi connectivity index (χ2n) is 17.2. The number of phosphoric acid groups is 1. The van der Waals surface area contributed by atoms with E-state index in [1.807, 2.05) is 0 Å². The van der Waals surface area contributed by atoms with Gasteiger partial charge in [0, 0.05) is 13.0 Å². The number of esters is 1. The molecule has 364 valence electrons. The van der Waals surface area contributed by atoms with Gasteiger partial charge in [0.05, 0.1) is 26.4 Å². The Balaban J connectivity index is 4.06. The minimum absolute atomic E-state index is 0.0500. The highest BCUT2D eigenvalue weighted by Crippen LogP contribution is 2.43. The number of carbonyl (C=O) groups is 1. The number of hydrogen-bond acceptors (Lipinski definition) is 8. The Labute approximate surface area is 381 Å². The van der Waals surface area contributed by atoms with Gasteiger partial charge in [-0.1, -0.05) is 223 Å². The van der Waals surface area contributed by atoms with Crippen molar-refractivity contribution < 1.29 is 43.0 Å². The van der Waals surface area contributed by atoms with Crippen LogP contribution in [-0.4, -0.2) is 66.3 Å². The Bertz CT molecular complexity index is 1110. The number of hydrogen-bond donors (Lipinski definition) is 3. The molecule has 0 heterocycles. The van der Waals surface area contributed by atoms with E-state index in [2.05, 4.69) is 62.5 Å². The summed E-state index contributed by atoms with van der Waals surface area (Å²) in [5.74, 6) is -0.384. The number of aliphatic hydroxyl groups excluding tert-OH is 2. The molecule has 0 aromatic carbocycles. The highest BCUT2D eigenvalue weighted by atomic mass is 31.2. The summed E-state index contributed by atoms with van der Waals surface area (Å²) in [5.41, 5.74) is 0. The fraction of sp³-hybridized carbons (Fsp3) is 0.827. The molecule has 0 saturated carbocycles. The normalized spacial score (nSPS) is 14.2. The Morgan fingerprint density at radius 2 is 0.919 bits per heavy atom. The molecule has 0 fully saturated rings. The molecule has 0 aliphatic carbocycles. The predicted octanol–water partition coefficient (Wildman–Crippen LogP) is 14.9. The van der Waals surface area contributed by atoms with E-state index in [0.717, 1.165) is 70.6 Å². The lowest BCUT2D eigenvalue weighted by atomic mass is 10.0. The van der Waals surface area contributed by atoms with Gasteiger partial charge in [-0.2, -0.15) is 0 Å². The number of aliphatic hydroxyl groups is 2. The van der Waals surface area contributed by atoms with Crippen LogP contribution in [0.2, 0.25) is 0 Å². The molecule has 3 atom stereocenters. The van der Waals surface area contributed by atoms with E-state index in [9.17, 15) is 19.4 Å². The van der Waals surface area contributed by atoms with Gasteiger partial charge in [0.1, 0.15) is 12.2 Å². The number of carbonyl (C=O) groups excluding carboxylic acids is 1. The van der Waals surface area contributed by atoms with E-state index in [0.29, 0.717) is 6.61 Å². The van der Waals surface area contributed by atoms with Crippen LogP contribution in [0.5, 0.6) is 0 Å². The van der Waals surface area contributed by atoms with E-state index in [4.69, 9.17) is 23.6 Å². The van der Waals surface area contributed by atoms with Gasteiger partial charge in [-0.25, -0.2) is 4.57 Å². The molecule has 0 amide bonds. The van der Waals surface area contributed by atoms with E-state index in [-0.39, 0.29) is 25.6 Å². The largest absolute Gasteiger partial charge is 0.472 e. The van der Waals surface area contributed by atoms with Gasteiger partial charge in [-0.3, -0.25) is 13.8 Å². The Morgan fingerprint density at radius 1 is 0.516 bits per heavy atom. The average molecular weight is 897 g/mol. The zero-order valence-electron chi connectivity index (χ0n) is 40.1. The summed E-state index contributed by atoms with van der Waals surface area (Å²) >= 11 is 0. The summed E-state index contributed by atoms with van der Waals surface area (Å²) in [4.78, 5) is 22.7. The summed E-state index contributed by atoms with van der Waals surface area (Å²) < 4.78 is 33.5. The standard InChI is InChI=1S/C52H97O9P/c1-3-5-7-9-11-13-15-17-19-21-23-24-25-26-27-28-30-32-34-36-38-40-42-44-52(55)61-51(49-60-62(56,57)59-47-50(54)46-53)48-58-45-43-41-39-37-35-33-31-29-22-20-18-16-14-12-10-8-6-4-2/h5,7,11,13,17,19,23-24,50-51,53-54H,3-4,6,8-10,12,14-16,18,20-22,25-49H2,1-2H3,(H,56,57)/b7-5-,13-11-,19-17-,24-23-. The van der Waals surface area contributed by atoms with E-state index >= 15 is 0 Å². The third kappa shape index (κ3) is 47.9. The van der Waals surface area contributed by atoms with Gasteiger partial charge in [0.25, 0.3) is 0 Å². The topological polar surface area (TPSA) is 132 Å². The molecule has 10 heteroatoms. The van der Waals surface area contributed by atoms with Crippen LogP contribution in [0, 0.1) is 0 Å². The molecule has 62 heavy (non-hydrogen) atoms. The van der Waals surface area contributed by atoms with Gasteiger partial charge in [-0.05, 0) is 51.4 Å². The van der Waals surface area contributed by atoms with E-state index in [1.165, 1.54) is 141 Å². The van der Waals surface area contributed by atoms with Crippen molar-refractivity contribution in [3.63, 3.8) is 0 Å². The summed E-state index contributed by atoms with van der Waals surface area (Å²) in [6, 6.07) is 0. The molecule has 3 N–H and O–H groups in total. The monoisotopic (exact) mass is 897 g/mol. The second-order valence-corrected chi connectivity index (χ2v) is 18.6. The van der Waals surface area contributed by atoms with Crippen molar-refractivity contribution in [2.75, 3.05) is 33.0 Å². The third-order valence-electron chi connectivity index (χ3n) is 11.0. The van der Waals surface area contributed by atoms with Crippen molar-refractivity contribution in [1.29, 1.82) is 0 Å². The van der Waals surface area contributed by atoms with Crippen LogP contribution < -0.4 is 0 Å². The molecular formula is C52H97O9P. The summed E-state index contributed by atoms with van der Waals surface area (Å²) in [7, 11) is -4.52. The second kappa shape index (κ2) is 48.9. The van der Waals surface area contributed by atoms with Crippen LogP contribution in [0.1, 0.15) is 232 Å². The number of unbranched alkanes of at least 4 members (excludes halogenated alkanes) is 27. The predicted molar refractivity (Wildman–Crippen MR) is 260 cm³/mol. The van der Waals surface area contributed by atoms with Crippen molar-refractivity contribution >= 4 is 13.8 Å². The highest BCUT2D eigenvalue weighted by Gasteiger charge is 2.26. The van der Waals surface area contributed by atoms with Crippen LogP contribution >= 0.6 is 7.82 Å². The van der Waals surface area contributed by atoms with Crippen LogP contribution in [0.4, 0.5) is 0 Å². The van der Waals surface area contributed by atoms with Gasteiger partial charge in [0.15, 0.2) is 0 Å². The number of ether oxygens (including phenoxy) is 2. The lowest BCUT2D eigenvalue weighted by Crippen LogP contribution is -2.29. The van der Waals surface area contributed by atoms with Crippen molar-refractivity contribution in [1.82, 2.24) is 0 Å². The van der Waals surface area contributed by atoms with Gasteiger partial charge < -0.3 is 24.6 Å². The molecule has 0 rings (SSSR count). The molecule has 0 radical (unpaired) electrons. The van der Waals surface area contributed by atoms with Crippen molar-refractivity contribution in [3.8, 4) is 0 Å².